The number of rotatable bonds is 5. The van der Waals surface area contributed by atoms with Gasteiger partial charge >= 0.3 is 5.69 Å². The van der Waals surface area contributed by atoms with E-state index in [2.05, 4.69) is 21.4 Å². The lowest BCUT2D eigenvalue weighted by atomic mass is 10.1. The van der Waals surface area contributed by atoms with Crippen molar-refractivity contribution in [1.82, 2.24) is 9.97 Å². The second-order valence-corrected chi connectivity index (χ2v) is 7.26. The molecule has 3 heterocycles. The fraction of sp³-hybridized carbons (Fsp3) is 0.182. The Labute approximate surface area is 176 Å². The van der Waals surface area contributed by atoms with Gasteiger partial charge < -0.3 is 19.8 Å². The molecule has 9 heteroatoms. The summed E-state index contributed by atoms with van der Waals surface area (Å²) in [5.41, 5.74) is 2.79. The van der Waals surface area contributed by atoms with Crippen molar-refractivity contribution in [3.05, 3.63) is 64.5 Å². The highest BCUT2D eigenvalue weighted by atomic mass is 16.6. The van der Waals surface area contributed by atoms with Gasteiger partial charge in [-0.05, 0) is 24.3 Å². The SMILES string of the molecule is N#Cc1cnc2cc(OC3CCOC3)c([N+](=O)[O-])cc2c1Nc1ccc2[nH]ccc2c1. The smallest absolute Gasteiger partial charge is 0.311 e. The summed E-state index contributed by atoms with van der Waals surface area (Å²) in [5, 5.41) is 26.1. The normalized spacial score (nSPS) is 15.8. The summed E-state index contributed by atoms with van der Waals surface area (Å²) in [6, 6.07) is 12.7. The van der Waals surface area contributed by atoms with E-state index >= 15 is 0 Å². The first-order valence-electron chi connectivity index (χ1n) is 9.72. The molecule has 0 aliphatic carbocycles. The molecule has 1 saturated heterocycles. The van der Waals surface area contributed by atoms with Gasteiger partial charge in [0.05, 0.1) is 34.9 Å². The minimum absolute atomic E-state index is 0.143. The summed E-state index contributed by atoms with van der Waals surface area (Å²) < 4.78 is 11.1. The van der Waals surface area contributed by atoms with E-state index in [1.807, 2.05) is 30.5 Å². The van der Waals surface area contributed by atoms with E-state index in [0.717, 1.165) is 16.6 Å². The van der Waals surface area contributed by atoms with Gasteiger partial charge in [-0.2, -0.15) is 5.26 Å². The van der Waals surface area contributed by atoms with Gasteiger partial charge in [-0.25, -0.2) is 0 Å². The van der Waals surface area contributed by atoms with E-state index < -0.39 is 4.92 Å². The zero-order valence-corrected chi connectivity index (χ0v) is 16.3. The summed E-state index contributed by atoms with van der Waals surface area (Å²) in [6.07, 6.45) is 3.73. The number of aromatic amines is 1. The highest BCUT2D eigenvalue weighted by Crippen LogP contribution is 2.38. The number of nitro groups is 1. The van der Waals surface area contributed by atoms with Crippen LogP contribution in [0.4, 0.5) is 17.1 Å². The van der Waals surface area contributed by atoms with Crippen LogP contribution in [0.5, 0.6) is 5.75 Å². The summed E-state index contributed by atoms with van der Waals surface area (Å²) in [5.74, 6) is 0.143. The van der Waals surface area contributed by atoms with Crippen LogP contribution in [0, 0.1) is 21.4 Å². The van der Waals surface area contributed by atoms with Gasteiger partial charge in [0.25, 0.3) is 0 Å². The predicted molar refractivity (Wildman–Crippen MR) is 115 cm³/mol. The number of nitro benzene ring substituents is 1. The fourth-order valence-corrected chi connectivity index (χ4v) is 3.73. The minimum atomic E-state index is -0.487. The molecule has 0 radical (unpaired) electrons. The van der Waals surface area contributed by atoms with Crippen molar-refractivity contribution in [2.45, 2.75) is 12.5 Å². The first-order chi connectivity index (χ1) is 15.1. The van der Waals surface area contributed by atoms with Crippen molar-refractivity contribution < 1.29 is 14.4 Å². The summed E-state index contributed by atoms with van der Waals surface area (Å²) in [6.45, 7) is 0.958. The van der Waals surface area contributed by atoms with Gasteiger partial charge in [-0.3, -0.25) is 15.1 Å². The first-order valence-corrected chi connectivity index (χ1v) is 9.72. The minimum Gasteiger partial charge on any atom is -0.481 e. The average molecular weight is 415 g/mol. The molecule has 9 nitrogen and oxygen atoms in total. The van der Waals surface area contributed by atoms with Crippen LogP contribution in [0.15, 0.2) is 48.8 Å². The van der Waals surface area contributed by atoms with Gasteiger partial charge in [0.2, 0.25) is 0 Å². The number of H-pyrrole nitrogens is 1. The maximum atomic E-state index is 11.8. The van der Waals surface area contributed by atoms with E-state index in [9.17, 15) is 15.4 Å². The van der Waals surface area contributed by atoms with Crippen molar-refractivity contribution in [3.8, 4) is 11.8 Å². The standard InChI is InChI=1S/C22H17N5O4/c23-10-14-11-25-19-9-21(31-16-4-6-30-12-16)20(27(28)29)8-17(19)22(14)26-15-1-2-18-13(7-15)3-5-24-18/h1-3,5,7-9,11,16,24H,4,6,12H2,(H,25,26). The summed E-state index contributed by atoms with van der Waals surface area (Å²) >= 11 is 0. The van der Waals surface area contributed by atoms with Crippen LogP contribution in [-0.4, -0.2) is 34.2 Å². The third-order valence-electron chi connectivity index (χ3n) is 5.27. The lowest BCUT2D eigenvalue weighted by molar-refractivity contribution is -0.385. The number of hydrogen-bond acceptors (Lipinski definition) is 7. The number of anilines is 2. The number of ether oxygens (including phenoxy) is 2. The quantitative estimate of drug-likeness (QED) is 0.365. The van der Waals surface area contributed by atoms with Crippen molar-refractivity contribution in [1.29, 1.82) is 5.26 Å². The molecule has 0 bridgehead atoms. The Morgan fingerprint density at radius 2 is 2.23 bits per heavy atom. The second kappa shape index (κ2) is 7.59. The number of nitrogens with zero attached hydrogens (tertiary/aromatic N) is 3. The molecular weight excluding hydrogens is 398 g/mol. The molecule has 154 valence electrons. The topological polar surface area (TPSA) is 126 Å². The maximum absolute atomic E-state index is 11.8. The van der Waals surface area contributed by atoms with E-state index in [1.54, 1.807) is 6.07 Å². The van der Waals surface area contributed by atoms with Crippen LogP contribution < -0.4 is 10.1 Å². The number of nitrogens with one attached hydrogen (secondary N) is 2. The molecule has 31 heavy (non-hydrogen) atoms. The van der Waals surface area contributed by atoms with Crippen LogP contribution in [0.25, 0.3) is 21.8 Å². The molecule has 1 aliphatic rings. The summed E-state index contributed by atoms with van der Waals surface area (Å²) in [7, 11) is 0. The van der Waals surface area contributed by atoms with Crippen molar-refractivity contribution in [2.75, 3.05) is 18.5 Å². The molecule has 2 N–H and O–H groups in total. The highest BCUT2D eigenvalue weighted by Gasteiger charge is 2.25. The molecule has 0 saturated carbocycles. The van der Waals surface area contributed by atoms with Crippen LogP contribution in [-0.2, 0) is 4.74 Å². The van der Waals surface area contributed by atoms with E-state index in [4.69, 9.17) is 9.47 Å². The molecule has 4 aromatic rings. The molecule has 2 aromatic heterocycles. The van der Waals surface area contributed by atoms with E-state index in [-0.39, 0.29) is 23.1 Å². The monoisotopic (exact) mass is 415 g/mol. The fourth-order valence-electron chi connectivity index (χ4n) is 3.73. The highest BCUT2D eigenvalue weighted by molar-refractivity contribution is 5.98. The number of hydrogen-bond donors (Lipinski definition) is 2. The van der Waals surface area contributed by atoms with Gasteiger partial charge in [-0.15, -0.1) is 0 Å². The van der Waals surface area contributed by atoms with Crippen LogP contribution >= 0.6 is 0 Å². The van der Waals surface area contributed by atoms with Gasteiger partial charge in [0.15, 0.2) is 5.75 Å². The molecule has 1 fully saturated rings. The average Bonchev–Trinajstić information content (AvgIpc) is 3.45. The van der Waals surface area contributed by atoms with Crippen LogP contribution in [0.1, 0.15) is 12.0 Å². The third kappa shape index (κ3) is 3.49. The number of benzene rings is 2. The zero-order chi connectivity index (χ0) is 21.4. The Hall–Kier alpha value is -4.16. The second-order valence-electron chi connectivity index (χ2n) is 7.26. The molecule has 0 spiro atoms. The summed E-state index contributed by atoms with van der Waals surface area (Å²) in [4.78, 5) is 18.7. The van der Waals surface area contributed by atoms with Crippen molar-refractivity contribution >= 4 is 38.9 Å². The van der Waals surface area contributed by atoms with Gasteiger partial charge in [0, 0.05) is 52.9 Å². The van der Waals surface area contributed by atoms with E-state index in [0.29, 0.717) is 36.2 Å². The third-order valence-corrected chi connectivity index (χ3v) is 5.27. The molecule has 1 unspecified atom stereocenters. The van der Waals surface area contributed by atoms with E-state index in [1.165, 1.54) is 12.3 Å². The Bertz CT molecular complexity index is 1350. The number of fused-ring (bicyclic) bond motifs is 2. The molecular formula is C22H17N5O4. The largest absolute Gasteiger partial charge is 0.481 e. The Morgan fingerprint density at radius 1 is 1.32 bits per heavy atom. The number of nitriles is 1. The lowest BCUT2D eigenvalue weighted by Crippen LogP contribution is -2.16. The van der Waals surface area contributed by atoms with Gasteiger partial charge in [0.1, 0.15) is 12.2 Å². The molecule has 2 aromatic carbocycles. The van der Waals surface area contributed by atoms with Crippen LogP contribution in [0.3, 0.4) is 0 Å². The Balaban J connectivity index is 1.62. The molecule has 5 rings (SSSR count). The molecule has 1 aliphatic heterocycles. The number of aromatic nitrogens is 2. The first kappa shape index (κ1) is 18.8. The molecule has 0 amide bonds. The lowest BCUT2D eigenvalue weighted by Gasteiger charge is -2.15. The maximum Gasteiger partial charge on any atom is 0.311 e. The zero-order valence-electron chi connectivity index (χ0n) is 16.3. The predicted octanol–water partition coefficient (Wildman–Crippen LogP) is 4.41. The Morgan fingerprint density at radius 3 is 3.00 bits per heavy atom. The van der Waals surface area contributed by atoms with Crippen LogP contribution in [0.2, 0.25) is 0 Å². The van der Waals surface area contributed by atoms with Crippen molar-refractivity contribution in [2.24, 2.45) is 0 Å². The molecule has 1 atom stereocenters. The van der Waals surface area contributed by atoms with Crippen molar-refractivity contribution in [3.63, 3.8) is 0 Å². The Kier molecular flexibility index (Phi) is 4.61. The van der Waals surface area contributed by atoms with Gasteiger partial charge in [-0.1, -0.05) is 0 Å². The number of pyridine rings is 1.